The molecule has 1 saturated heterocycles. The summed E-state index contributed by atoms with van der Waals surface area (Å²) in [6, 6.07) is 14.7. The summed E-state index contributed by atoms with van der Waals surface area (Å²) in [6.45, 7) is 20.3. The first-order chi connectivity index (χ1) is 15.2. The SMILES string of the molecule is CC1(C)OB(c2ccc3cnn(-c4cccc(CO[Si](C)(C)C(C)(C)C)c4)c3c2)OC1(C)C. The van der Waals surface area contributed by atoms with Crippen LogP contribution < -0.4 is 5.46 Å². The minimum Gasteiger partial charge on any atom is -0.413 e. The fourth-order valence-corrected chi connectivity index (χ4v) is 4.59. The van der Waals surface area contributed by atoms with Gasteiger partial charge in [-0.15, -0.1) is 0 Å². The third-order valence-electron chi connectivity index (χ3n) is 7.68. The lowest BCUT2D eigenvalue weighted by Crippen LogP contribution is -2.41. The molecule has 1 fully saturated rings. The minimum absolute atomic E-state index is 0.187. The molecular weight excluding hydrogens is 427 g/mol. The van der Waals surface area contributed by atoms with Crippen LogP contribution in [0.2, 0.25) is 18.1 Å². The van der Waals surface area contributed by atoms with Gasteiger partial charge in [0.05, 0.1) is 35.2 Å². The van der Waals surface area contributed by atoms with Gasteiger partial charge < -0.3 is 13.7 Å². The van der Waals surface area contributed by atoms with Crippen LogP contribution >= 0.6 is 0 Å². The molecule has 3 aromatic rings. The number of fused-ring (bicyclic) bond motifs is 1. The number of nitrogens with zero attached hydrogens (tertiary/aromatic N) is 2. The van der Waals surface area contributed by atoms with Crippen molar-refractivity contribution in [2.24, 2.45) is 0 Å². The molecule has 0 spiro atoms. The number of rotatable bonds is 5. The minimum atomic E-state index is -1.81. The van der Waals surface area contributed by atoms with Crippen LogP contribution in [-0.4, -0.2) is 36.4 Å². The lowest BCUT2D eigenvalue weighted by Gasteiger charge is -2.36. The van der Waals surface area contributed by atoms with Crippen molar-refractivity contribution < 1.29 is 13.7 Å². The molecule has 0 N–H and O–H groups in total. The van der Waals surface area contributed by atoms with E-state index in [4.69, 9.17) is 13.7 Å². The fraction of sp³-hybridized carbons (Fsp3) is 0.500. The van der Waals surface area contributed by atoms with Crippen LogP contribution in [0.3, 0.4) is 0 Å². The quantitative estimate of drug-likeness (QED) is 0.445. The van der Waals surface area contributed by atoms with E-state index < -0.39 is 15.4 Å². The van der Waals surface area contributed by atoms with Crippen LogP contribution in [0.4, 0.5) is 0 Å². The zero-order valence-electron chi connectivity index (χ0n) is 21.5. The predicted molar refractivity (Wildman–Crippen MR) is 139 cm³/mol. The molecule has 2 heterocycles. The van der Waals surface area contributed by atoms with Crippen LogP contribution in [-0.2, 0) is 20.3 Å². The zero-order valence-corrected chi connectivity index (χ0v) is 22.5. The van der Waals surface area contributed by atoms with E-state index in [0.717, 1.165) is 27.6 Å². The number of hydrogen-bond donors (Lipinski definition) is 0. The first-order valence-corrected chi connectivity index (χ1v) is 14.7. The molecular formula is C26H37BN2O3Si. The Bertz CT molecular complexity index is 1150. The Kier molecular flexibility index (Phi) is 5.93. The Hall–Kier alpha value is -1.93. The maximum atomic E-state index is 6.44. The number of benzene rings is 2. The molecule has 7 heteroatoms. The van der Waals surface area contributed by atoms with Crippen molar-refractivity contribution in [3.8, 4) is 5.69 Å². The summed E-state index contributed by atoms with van der Waals surface area (Å²) in [4.78, 5) is 0. The van der Waals surface area contributed by atoms with Crippen molar-refractivity contribution in [2.75, 3.05) is 0 Å². The van der Waals surface area contributed by atoms with Crippen molar-refractivity contribution in [3.05, 3.63) is 54.2 Å². The average Bonchev–Trinajstić information content (AvgIpc) is 3.23. The molecule has 33 heavy (non-hydrogen) atoms. The van der Waals surface area contributed by atoms with Gasteiger partial charge in [-0.25, -0.2) is 4.68 Å². The van der Waals surface area contributed by atoms with Crippen LogP contribution in [0.15, 0.2) is 48.7 Å². The highest BCUT2D eigenvalue weighted by atomic mass is 28.4. The predicted octanol–water partition coefficient (Wildman–Crippen LogP) is 5.85. The first kappa shape index (κ1) is 24.2. The third kappa shape index (κ3) is 4.56. The van der Waals surface area contributed by atoms with Crippen LogP contribution in [0.25, 0.3) is 16.6 Å². The second kappa shape index (κ2) is 8.08. The Labute approximate surface area is 199 Å². The first-order valence-electron chi connectivity index (χ1n) is 11.8. The molecule has 0 atom stereocenters. The van der Waals surface area contributed by atoms with Gasteiger partial charge in [-0.3, -0.25) is 0 Å². The maximum Gasteiger partial charge on any atom is 0.494 e. The summed E-state index contributed by atoms with van der Waals surface area (Å²) >= 11 is 0. The Morgan fingerprint density at radius 3 is 2.30 bits per heavy atom. The topological polar surface area (TPSA) is 45.5 Å². The standard InChI is InChI=1S/C26H37BN2O3Si/c1-24(2,3)33(8,9)30-18-19-11-10-12-22(15-19)29-23-16-21(14-13-20(23)17-28-29)27-31-25(4,5)26(6,7)32-27/h10-17H,18H2,1-9H3. The van der Waals surface area contributed by atoms with Crippen LogP contribution in [0, 0.1) is 0 Å². The van der Waals surface area contributed by atoms with Crippen molar-refractivity contribution >= 4 is 31.8 Å². The molecule has 0 radical (unpaired) electrons. The molecule has 5 nitrogen and oxygen atoms in total. The summed E-state index contributed by atoms with van der Waals surface area (Å²) in [7, 11) is -2.21. The van der Waals surface area contributed by atoms with Crippen molar-refractivity contribution in [1.82, 2.24) is 9.78 Å². The van der Waals surface area contributed by atoms with Gasteiger partial charge in [0.1, 0.15) is 0 Å². The van der Waals surface area contributed by atoms with E-state index in [1.165, 1.54) is 0 Å². The van der Waals surface area contributed by atoms with Crippen LogP contribution in [0.5, 0.6) is 0 Å². The Morgan fingerprint density at radius 1 is 1.00 bits per heavy atom. The number of hydrogen-bond acceptors (Lipinski definition) is 4. The van der Waals surface area contributed by atoms with Gasteiger partial charge in [-0.1, -0.05) is 45.0 Å². The van der Waals surface area contributed by atoms with E-state index in [0.29, 0.717) is 6.61 Å². The van der Waals surface area contributed by atoms with Crippen molar-refractivity contribution in [3.63, 3.8) is 0 Å². The van der Waals surface area contributed by atoms with Gasteiger partial charge in [0, 0.05) is 5.39 Å². The molecule has 0 bridgehead atoms. The van der Waals surface area contributed by atoms with E-state index in [1.54, 1.807) is 0 Å². The van der Waals surface area contributed by atoms with E-state index in [9.17, 15) is 0 Å². The third-order valence-corrected chi connectivity index (χ3v) is 12.2. The maximum absolute atomic E-state index is 6.44. The van der Waals surface area contributed by atoms with E-state index in [-0.39, 0.29) is 16.2 Å². The average molecular weight is 464 g/mol. The van der Waals surface area contributed by atoms with E-state index in [2.05, 4.69) is 109 Å². The molecule has 2 aromatic carbocycles. The monoisotopic (exact) mass is 464 g/mol. The lowest BCUT2D eigenvalue weighted by molar-refractivity contribution is 0.00578. The highest BCUT2D eigenvalue weighted by Gasteiger charge is 2.51. The molecule has 0 amide bonds. The molecule has 1 aromatic heterocycles. The summed E-state index contributed by atoms with van der Waals surface area (Å²) < 4.78 is 21.0. The molecule has 1 aliphatic rings. The van der Waals surface area contributed by atoms with E-state index in [1.807, 2.05) is 10.9 Å². The highest BCUT2D eigenvalue weighted by molar-refractivity contribution is 6.74. The Balaban J connectivity index is 1.62. The lowest BCUT2D eigenvalue weighted by atomic mass is 9.79. The fourth-order valence-electron chi connectivity index (χ4n) is 3.63. The summed E-state index contributed by atoms with van der Waals surface area (Å²) in [6.07, 6.45) is 1.90. The van der Waals surface area contributed by atoms with Gasteiger partial charge in [-0.05, 0) is 75.1 Å². The molecule has 0 aliphatic carbocycles. The smallest absolute Gasteiger partial charge is 0.413 e. The summed E-state index contributed by atoms with van der Waals surface area (Å²) in [5, 5.41) is 5.95. The zero-order chi connectivity index (χ0) is 24.2. The molecule has 0 unspecified atom stereocenters. The molecule has 1 aliphatic heterocycles. The summed E-state index contributed by atoms with van der Waals surface area (Å²) in [5.41, 5.74) is 3.47. The van der Waals surface area contributed by atoms with Crippen LogP contribution in [0.1, 0.15) is 54.0 Å². The summed E-state index contributed by atoms with van der Waals surface area (Å²) in [5.74, 6) is 0. The molecule has 4 rings (SSSR count). The van der Waals surface area contributed by atoms with Gasteiger partial charge >= 0.3 is 7.12 Å². The van der Waals surface area contributed by atoms with Gasteiger partial charge in [0.15, 0.2) is 8.32 Å². The van der Waals surface area contributed by atoms with Gasteiger partial charge in [0.25, 0.3) is 0 Å². The van der Waals surface area contributed by atoms with E-state index >= 15 is 0 Å². The molecule has 0 saturated carbocycles. The van der Waals surface area contributed by atoms with Gasteiger partial charge in [-0.2, -0.15) is 5.10 Å². The van der Waals surface area contributed by atoms with Gasteiger partial charge in [0.2, 0.25) is 0 Å². The number of aromatic nitrogens is 2. The second-order valence-corrected chi connectivity index (χ2v) is 16.5. The Morgan fingerprint density at radius 2 is 1.67 bits per heavy atom. The molecule has 176 valence electrons. The van der Waals surface area contributed by atoms with Crippen molar-refractivity contribution in [1.29, 1.82) is 0 Å². The second-order valence-electron chi connectivity index (χ2n) is 11.7. The van der Waals surface area contributed by atoms with Crippen molar-refractivity contribution in [2.45, 2.75) is 84.4 Å². The largest absolute Gasteiger partial charge is 0.494 e. The normalized spacial score (nSPS) is 18.3. The highest BCUT2D eigenvalue weighted by Crippen LogP contribution is 2.38.